The molecular weight excluding hydrogens is 373 g/mol. The fourth-order valence-electron chi connectivity index (χ4n) is 2.07. The second-order valence-electron chi connectivity index (χ2n) is 4.50. The van der Waals surface area contributed by atoms with Crippen LogP contribution in [0, 0.1) is 12.7 Å². The Kier molecular flexibility index (Phi) is 4.76. The van der Waals surface area contributed by atoms with Gasteiger partial charge in [-0.25, -0.2) is 4.39 Å². The van der Waals surface area contributed by atoms with Gasteiger partial charge in [0.15, 0.2) is 0 Å². The lowest BCUT2D eigenvalue weighted by Gasteiger charge is -2.16. The summed E-state index contributed by atoms with van der Waals surface area (Å²) in [7, 11) is 0. The summed E-state index contributed by atoms with van der Waals surface area (Å²) >= 11 is 6.93. The molecule has 0 aromatic heterocycles. The van der Waals surface area contributed by atoms with E-state index in [2.05, 4.69) is 31.9 Å². The number of benzene rings is 2. The highest BCUT2D eigenvalue weighted by Gasteiger charge is 2.13. The molecule has 0 aliphatic carbocycles. The minimum Gasteiger partial charge on any atom is -0.324 e. The Labute approximate surface area is 129 Å². The Hall–Kier alpha value is -0.710. The molecular formula is C15H14Br2FN. The van der Waals surface area contributed by atoms with Crippen LogP contribution in [0.2, 0.25) is 0 Å². The first-order valence-electron chi connectivity index (χ1n) is 5.93. The Balaban J connectivity index is 2.28. The van der Waals surface area contributed by atoms with Crippen molar-refractivity contribution in [3.05, 3.63) is 67.9 Å². The van der Waals surface area contributed by atoms with Crippen LogP contribution in [-0.4, -0.2) is 0 Å². The van der Waals surface area contributed by atoms with E-state index in [4.69, 9.17) is 5.73 Å². The van der Waals surface area contributed by atoms with E-state index in [1.807, 2.05) is 25.1 Å². The molecule has 0 fully saturated rings. The summed E-state index contributed by atoms with van der Waals surface area (Å²) in [6.07, 6.45) is 0.593. The predicted molar refractivity (Wildman–Crippen MR) is 83.6 cm³/mol. The third kappa shape index (κ3) is 3.44. The molecule has 0 saturated heterocycles. The van der Waals surface area contributed by atoms with Crippen LogP contribution in [0.25, 0.3) is 0 Å². The summed E-state index contributed by atoms with van der Waals surface area (Å²) in [5.41, 5.74) is 9.33. The van der Waals surface area contributed by atoms with Crippen molar-refractivity contribution in [2.75, 3.05) is 0 Å². The van der Waals surface area contributed by atoms with Gasteiger partial charge in [-0.15, -0.1) is 0 Å². The fourth-order valence-corrected chi connectivity index (χ4v) is 2.86. The monoisotopic (exact) mass is 385 g/mol. The molecule has 2 aromatic rings. The smallest absolute Gasteiger partial charge is 0.123 e. The maximum atomic E-state index is 13.3. The number of hydrogen-bond acceptors (Lipinski definition) is 1. The topological polar surface area (TPSA) is 26.0 Å². The van der Waals surface area contributed by atoms with Gasteiger partial charge in [0.05, 0.1) is 0 Å². The van der Waals surface area contributed by atoms with Crippen LogP contribution in [0.4, 0.5) is 4.39 Å². The molecule has 100 valence electrons. The van der Waals surface area contributed by atoms with Crippen LogP contribution >= 0.6 is 31.9 Å². The Morgan fingerprint density at radius 2 is 1.89 bits per heavy atom. The third-order valence-electron chi connectivity index (χ3n) is 3.16. The first-order chi connectivity index (χ1) is 8.99. The maximum absolute atomic E-state index is 13.3. The van der Waals surface area contributed by atoms with Crippen LogP contribution < -0.4 is 5.73 Å². The van der Waals surface area contributed by atoms with Gasteiger partial charge in [-0.1, -0.05) is 44.0 Å². The van der Waals surface area contributed by atoms with Gasteiger partial charge in [0, 0.05) is 15.0 Å². The molecule has 1 unspecified atom stereocenters. The molecule has 0 bridgehead atoms. The van der Waals surface area contributed by atoms with Gasteiger partial charge in [-0.2, -0.15) is 0 Å². The third-order valence-corrected chi connectivity index (χ3v) is 4.79. The Morgan fingerprint density at radius 1 is 1.16 bits per heavy atom. The number of rotatable bonds is 3. The number of halogens is 3. The van der Waals surface area contributed by atoms with Crippen molar-refractivity contribution in [1.82, 2.24) is 0 Å². The molecule has 1 atom stereocenters. The van der Waals surface area contributed by atoms with Crippen LogP contribution in [0.3, 0.4) is 0 Å². The Bertz CT molecular complexity index is 599. The highest BCUT2D eigenvalue weighted by molar-refractivity contribution is 9.10. The molecule has 0 aliphatic rings. The summed E-state index contributed by atoms with van der Waals surface area (Å²) in [5.74, 6) is -0.239. The minimum absolute atomic E-state index is 0.157. The molecule has 2 rings (SSSR count). The van der Waals surface area contributed by atoms with E-state index < -0.39 is 0 Å². The quantitative estimate of drug-likeness (QED) is 0.797. The van der Waals surface area contributed by atoms with Gasteiger partial charge in [-0.3, -0.25) is 0 Å². The van der Waals surface area contributed by atoms with Crippen LogP contribution in [0.1, 0.15) is 22.7 Å². The lowest BCUT2D eigenvalue weighted by molar-refractivity contribution is 0.621. The zero-order valence-electron chi connectivity index (χ0n) is 10.5. The summed E-state index contributed by atoms with van der Waals surface area (Å²) in [6, 6.07) is 10.5. The summed E-state index contributed by atoms with van der Waals surface area (Å²) < 4.78 is 15.2. The lowest BCUT2D eigenvalue weighted by Crippen LogP contribution is -2.15. The summed E-state index contributed by atoms with van der Waals surface area (Å²) in [5, 5.41) is 0. The Morgan fingerprint density at radius 3 is 2.63 bits per heavy atom. The van der Waals surface area contributed by atoms with Gasteiger partial charge in [0.1, 0.15) is 5.82 Å². The SMILES string of the molecule is Cc1c(Br)cccc1C(N)Cc1cc(F)ccc1Br. The molecule has 1 nitrogen and oxygen atoms in total. The minimum atomic E-state index is -0.239. The predicted octanol–water partition coefficient (Wildman–Crippen LogP) is 4.90. The van der Waals surface area contributed by atoms with Crippen molar-refractivity contribution >= 4 is 31.9 Å². The molecule has 2 aromatic carbocycles. The van der Waals surface area contributed by atoms with Crippen LogP contribution in [0.15, 0.2) is 45.3 Å². The zero-order valence-corrected chi connectivity index (χ0v) is 13.6. The second-order valence-corrected chi connectivity index (χ2v) is 6.21. The maximum Gasteiger partial charge on any atom is 0.123 e. The molecule has 19 heavy (non-hydrogen) atoms. The summed E-state index contributed by atoms with van der Waals surface area (Å²) in [4.78, 5) is 0. The highest BCUT2D eigenvalue weighted by Crippen LogP contribution is 2.28. The largest absolute Gasteiger partial charge is 0.324 e. The van der Waals surface area contributed by atoms with Crippen molar-refractivity contribution in [3.63, 3.8) is 0 Å². The second kappa shape index (κ2) is 6.16. The van der Waals surface area contributed by atoms with Crippen molar-refractivity contribution in [1.29, 1.82) is 0 Å². The number of hydrogen-bond donors (Lipinski definition) is 1. The van der Waals surface area contributed by atoms with Crippen LogP contribution in [-0.2, 0) is 6.42 Å². The lowest BCUT2D eigenvalue weighted by atomic mass is 9.96. The van der Waals surface area contributed by atoms with E-state index in [0.29, 0.717) is 6.42 Å². The molecule has 0 aliphatic heterocycles. The van der Waals surface area contributed by atoms with Crippen molar-refractivity contribution in [3.8, 4) is 0 Å². The van der Waals surface area contributed by atoms with Crippen LogP contribution in [0.5, 0.6) is 0 Å². The molecule has 0 amide bonds. The van der Waals surface area contributed by atoms with E-state index in [1.165, 1.54) is 12.1 Å². The standard InChI is InChI=1S/C15H14Br2FN/c1-9-12(3-2-4-13(9)16)15(19)8-10-7-11(18)5-6-14(10)17/h2-7,15H,8,19H2,1H3. The van der Waals surface area contributed by atoms with E-state index in [-0.39, 0.29) is 11.9 Å². The van der Waals surface area contributed by atoms with E-state index in [9.17, 15) is 4.39 Å². The molecule has 0 spiro atoms. The first-order valence-corrected chi connectivity index (χ1v) is 7.52. The fraction of sp³-hybridized carbons (Fsp3) is 0.200. The molecule has 4 heteroatoms. The highest BCUT2D eigenvalue weighted by atomic mass is 79.9. The van der Waals surface area contributed by atoms with E-state index in [0.717, 1.165) is 25.6 Å². The average Bonchev–Trinajstić information content (AvgIpc) is 2.37. The average molecular weight is 387 g/mol. The van der Waals surface area contributed by atoms with Gasteiger partial charge in [0.2, 0.25) is 0 Å². The van der Waals surface area contributed by atoms with E-state index in [1.54, 1.807) is 6.07 Å². The van der Waals surface area contributed by atoms with Gasteiger partial charge >= 0.3 is 0 Å². The molecule has 0 saturated carbocycles. The first kappa shape index (κ1) is 14.7. The van der Waals surface area contributed by atoms with Gasteiger partial charge < -0.3 is 5.73 Å². The van der Waals surface area contributed by atoms with Crippen molar-refractivity contribution in [2.24, 2.45) is 5.73 Å². The zero-order chi connectivity index (χ0) is 14.0. The van der Waals surface area contributed by atoms with Crippen molar-refractivity contribution < 1.29 is 4.39 Å². The van der Waals surface area contributed by atoms with E-state index >= 15 is 0 Å². The normalized spacial score (nSPS) is 12.5. The molecule has 0 heterocycles. The molecule has 2 N–H and O–H groups in total. The van der Waals surface area contributed by atoms with Gasteiger partial charge in [-0.05, 0) is 54.3 Å². The summed E-state index contributed by atoms with van der Waals surface area (Å²) in [6.45, 7) is 2.03. The molecule has 0 radical (unpaired) electrons. The number of nitrogens with two attached hydrogens (primary N) is 1. The van der Waals surface area contributed by atoms with Gasteiger partial charge in [0.25, 0.3) is 0 Å². The van der Waals surface area contributed by atoms with Crippen molar-refractivity contribution in [2.45, 2.75) is 19.4 Å².